The number of pyridine rings is 1. The van der Waals surface area contributed by atoms with Gasteiger partial charge in [0, 0.05) is 23.5 Å². The normalized spacial score (nSPS) is 13.3. The lowest BCUT2D eigenvalue weighted by Gasteiger charge is -2.11. The first-order chi connectivity index (χ1) is 10.9. The molecule has 0 fully saturated rings. The first-order valence-electron chi connectivity index (χ1n) is 6.65. The molecule has 1 aromatic heterocycles. The molecule has 0 aliphatic rings. The lowest BCUT2D eigenvalue weighted by molar-refractivity contribution is 1.32. The van der Waals surface area contributed by atoms with Crippen molar-refractivity contribution in [2.75, 3.05) is 11.5 Å². The molecule has 0 bridgehead atoms. The van der Waals surface area contributed by atoms with Gasteiger partial charge in [0.1, 0.15) is 5.82 Å². The van der Waals surface area contributed by atoms with Crippen molar-refractivity contribution in [1.29, 1.82) is 0 Å². The molecule has 120 valence electrons. The molecule has 0 amide bonds. The molecule has 8 N–H and O–H groups in total. The highest BCUT2D eigenvalue weighted by Crippen LogP contribution is 2.32. The van der Waals surface area contributed by atoms with Crippen LogP contribution in [-0.4, -0.2) is 4.98 Å². The Kier molecular flexibility index (Phi) is 6.70. The molecule has 1 rings (SSSR count). The molecular formula is C17H20ClN5. The van der Waals surface area contributed by atoms with E-state index in [-0.39, 0.29) is 10.9 Å². The fraction of sp³-hybridized carbons (Fsp3) is 0. The smallest absolute Gasteiger partial charge is 0.131 e. The summed E-state index contributed by atoms with van der Waals surface area (Å²) < 4.78 is 0. The zero-order chi connectivity index (χ0) is 17.4. The highest BCUT2D eigenvalue weighted by Gasteiger charge is 2.12. The molecular weight excluding hydrogens is 310 g/mol. The van der Waals surface area contributed by atoms with Crippen molar-refractivity contribution in [1.82, 2.24) is 4.98 Å². The number of nitrogen functional groups attached to an aromatic ring is 2. The van der Waals surface area contributed by atoms with Crippen molar-refractivity contribution in [2.45, 2.75) is 0 Å². The second-order valence-electron chi connectivity index (χ2n) is 4.52. The van der Waals surface area contributed by atoms with Crippen LogP contribution in [0, 0.1) is 0 Å². The van der Waals surface area contributed by atoms with Gasteiger partial charge in [-0.1, -0.05) is 43.0 Å². The van der Waals surface area contributed by atoms with E-state index in [1.54, 1.807) is 30.4 Å². The van der Waals surface area contributed by atoms with Crippen molar-refractivity contribution < 1.29 is 0 Å². The Balaban J connectivity index is 3.43. The van der Waals surface area contributed by atoms with E-state index in [2.05, 4.69) is 18.1 Å². The third-order valence-corrected chi connectivity index (χ3v) is 3.24. The topological polar surface area (TPSA) is 117 Å². The number of hydrogen-bond donors (Lipinski definition) is 4. The van der Waals surface area contributed by atoms with Gasteiger partial charge < -0.3 is 22.9 Å². The summed E-state index contributed by atoms with van der Waals surface area (Å²) in [5.41, 5.74) is 25.7. The molecule has 0 aliphatic carbocycles. The summed E-state index contributed by atoms with van der Waals surface area (Å²) in [4.78, 5) is 4.03. The van der Waals surface area contributed by atoms with Gasteiger partial charge in [0.05, 0.1) is 16.9 Å². The minimum Gasteiger partial charge on any atom is -0.404 e. The van der Waals surface area contributed by atoms with Gasteiger partial charge in [-0.25, -0.2) is 4.98 Å². The zero-order valence-electron chi connectivity index (χ0n) is 12.7. The largest absolute Gasteiger partial charge is 0.404 e. The molecule has 0 saturated carbocycles. The third kappa shape index (κ3) is 4.79. The molecule has 6 heteroatoms. The van der Waals surface area contributed by atoms with E-state index >= 15 is 0 Å². The summed E-state index contributed by atoms with van der Waals surface area (Å²) in [6, 6.07) is 1.67. The number of allylic oxidation sites excluding steroid dienone is 8. The average molecular weight is 330 g/mol. The number of nitrogens with zero attached hydrogens (tertiary/aromatic N) is 1. The van der Waals surface area contributed by atoms with Gasteiger partial charge in [-0.2, -0.15) is 0 Å². The van der Waals surface area contributed by atoms with Gasteiger partial charge in [0.2, 0.25) is 0 Å². The predicted molar refractivity (Wildman–Crippen MR) is 99.9 cm³/mol. The number of aromatic nitrogens is 1. The SMILES string of the molecule is C=C/C=C\C(=C/N)C(=C)/C=C(\C(Cl)=C/N)c1cc(N)cnc1N. The molecule has 0 radical (unpaired) electrons. The van der Waals surface area contributed by atoms with Crippen molar-refractivity contribution in [3.8, 4) is 0 Å². The van der Waals surface area contributed by atoms with E-state index in [0.29, 0.717) is 28.0 Å². The summed E-state index contributed by atoms with van der Waals surface area (Å²) in [6.45, 7) is 7.60. The molecule has 0 spiro atoms. The molecule has 0 unspecified atom stereocenters. The Morgan fingerprint density at radius 3 is 2.48 bits per heavy atom. The minimum atomic E-state index is 0.276. The van der Waals surface area contributed by atoms with Crippen LogP contribution in [0.4, 0.5) is 11.5 Å². The van der Waals surface area contributed by atoms with Crippen LogP contribution in [0.1, 0.15) is 5.56 Å². The average Bonchev–Trinajstić information content (AvgIpc) is 2.55. The summed E-state index contributed by atoms with van der Waals surface area (Å²) in [5, 5.41) is 0.286. The maximum Gasteiger partial charge on any atom is 0.131 e. The standard InChI is InChI=1S/C17H20ClN5/c1-3-4-5-12(8-19)11(2)6-14(16(18)9-20)15-7-13(21)10-23-17(15)22/h3-10H,1-2,19-21H2,(H2,22,23)/b5-4-,12-8+,14-6-,16-9+. The van der Waals surface area contributed by atoms with Crippen LogP contribution in [0.25, 0.3) is 5.57 Å². The van der Waals surface area contributed by atoms with Gasteiger partial charge in [-0.05, 0) is 23.3 Å². The molecule has 0 aliphatic heterocycles. The van der Waals surface area contributed by atoms with Crippen molar-refractivity contribution >= 4 is 28.7 Å². The number of hydrogen-bond acceptors (Lipinski definition) is 5. The number of anilines is 2. The first-order valence-corrected chi connectivity index (χ1v) is 7.03. The Morgan fingerprint density at radius 2 is 1.91 bits per heavy atom. The van der Waals surface area contributed by atoms with Crippen LogP contribution >= 0.6 is 11.6 Å². The molecule has 1 heterocycles. The van der Waals surface area contributed by atoms with E-state index in [9.17, 15) is 0 Å². The first kappa shape index (κ1) is 18.1. The molecule has 5 nitrogen and oxygen atoms in total. The Labute approximate surface area is 141 Å². The molecule has 0 atom stereocenters. The summed E-state index contributed by atoms with van der Waals surface area (Å²) in [5.74, 6) is 0.276. The van der Waals surface area contributed by atoms with Crippen LogP contribution < -0.4 is 22.9 Å². The maximum atomic E-state index is 6.20. The van der Waals surface area contributed by atoms with Gasteiger partial charge in [-0.15, -0.1) is 0 Å². The van der Waals surface area contributed by atoms with Gasteiger partial charge >= 0.3 is 0 Å². The number of nitrogens with two attached hydrogens (primary N) is 4. The highest BCUT2D eigenvalue weighted by atomic mass is 35.5. The van der Waals surface area contributed by atoms with Crippen molar-refractivity contribution in [3.05, 3.63) is 83.9 Å². The Hall–Kier alpha value is -2.92. The zero-order valence-corrected chi connectivity index (χ0v) is 13.4. The molecule has 0 saturated heterocycles. The molecule has 1 aromatic rings. The van der Waals surface area contributed by atoms with Gasteiger partial charge in [0.15, 0.2) is 0 Å². The Bertz CT molecular complexity index is 726. The van der Waals surface area contributed by atoms with E-state index in [4.69, 9.17) is 34.5 Å². The van der Waals surface area contributed by atoms with Crippen LogP contribution in [0.2, 0.25) is 0 Å². The van der Waals surface area contributed by atoms with Crippen LogP contribution in [-0.2, 0) is 0 Å². The second-order valence-corrected chi connectivity index (χ2v) is 4.92. The van der Waals surface area contributed by atoms with Crippen molar-refractivity contribution in [3.63, 3.8) is 0 Å². The van der Waals surface area contributed by atoms with Crippen LogP contribution in [0.15, 0.2) is 78.3 Å². The summed E-state index contributed by atoms with van der Waals surface area (Å²) in [6.07, 6.45) is 11.0. The van der Waals surface area contributed by atoms with E-state index in [0.717, 1.165) is 0 Å². The lowest BCUT2D eigenvalue weighted by Crippen LogP contribution is -2.01. The van der Waals surface area contributed by atoms with E-state index in [1.807, 2.05) is 0 Å². The quantitative estimate of drug-likeness (QED) is 0.599. The number of rotatable bonds is 6. The van der Waals surface area contributed by atoms with E-state index < -0.39 is 0 Å². The fourth-order valence-electron chi connectivity index (χ4n) is 1.77. The van der Waals surface area contributed by atoms with Crippen molar-refractivity contribution in [2.24, 2.45) is 11.5 Å². The molecule has 23 heavy (non-hydrogen) atoms. The maximum absolute atomic E-state index is 6.20. The molecule has 0 aromatic carbocycles. The lowest BCUT2D eigenvalue weighted by atomic mass is 9.99. The summed E-state index contributed by atoms with van der Waals surface area (Å²) in [7, 11) is 0. The second kappa shape index (κ2) is 8.51. The third-order valence-electron chi connectivity index (χ3n) is 2.91. The monoisotopic (exact) mass is 329 g/mol. The van der Waals surface area contributed by atoms with E-state index in [1.165, 1.54) is 18.6 Å². The minimum absolute atomic E-state index is 0.276. The highest BCUT2D eigenvalue weighted by molar-refractivity contribution is 6.37. The predicted octanol–water partition coefficient (Wildman–Crippen LogP) is 2.81. The van der Waals surface area contributed by atoms with Gasteiger partial charge in [-0.3, -0.25) is 0 Å². The van der Waals surface area contributed by atoms with Gasteiger partial charge in [0.25, 0.3) is 0 Å². The van der Waals surface area contributed by atoms with Crippen LogP contribution in [0.3, 0.4) is 0 Å². The fourth-order valence-corrected chi connectivity index (χ4v) is 1.93. The Morgan fingerprint density at radius 1 is 1.22 bits per heavy atom. The summed E-state index contributed by atoms with van der Waals surface area (Å²) >= 11 is 6.20. The van der Waals surface area contributed by atoms with Crippen LogP contribution in [0.5, 0.6) is 0 Å². The number of halogens is 1.